The Morgan fingerprint density at radius 1 is 1.33 bits per heavy atom. The van der Waals surface area contributed by atoms with Crippen LogP contribution in [0, 0.1) is 0 Å². The quantitative estimate of drug-likeness (QED) is 0.899. The normalized spacial score (nSPS) is 12.8. The Morgan fingerprint density at radius 2 is 2.06 bits per heavy atom. The number of rotatable bonds is 4. The number of hydrogen-bond donors (Lipinski definition) is 1. The van der Waals surface area contributed by atoms with Crippen LogP contribution in [0.25, 0.3) is 10.9 Å². The molecule has 1 atom stereocenters. The Kier molecular flexibility index (Phi) is 3.82. The number of nitrogens with zero attached hydrogens (tertiary/aromatic N) is 1. The molecule has 96 valence electrons. The van der Waals surface area contributed by atoms with Crippen molar-refractivity contribution in [3.8, 4) is 0 Å². The fourth-order valence-corrected chi connectivity index (χ4v) is 2.47. The highest BCUT2D eigenvalue weighted by atomic mass is 16.1. The van der Waals surface area contributed by atoms with Crippen LogP contribution in [0.2, 0.25) is 0 Å². The van der Waals surface area contributed by atoms with E-state index in [1.807, 2.05) is 34.9 Å². The second kappa shape index (κ2) is 5.36. The summed E-state index contributed by atoms with van der Waals surface area (Å²) in [6.07, 6.45) is 2.06. The van der Waals surface area contributed by atoms with Crippen LogP contribution in [-0.2, 0) is 6.54 Å². The fourth-order valence-electron chi connectivity index (χ4n) is 2.47. The second-order valence-corrected chi connectivity index (χ2v) is 4.75. The Labute approximate surface area is 107 Å². The van der Waals surface area contributed by atoms with Crippen LogP contribution in [0.5, 0.6) is 0 Å². The Bertz CT molecular complexity index is 601. The van der Waals surface area contributed by atoms with Gasteiger partial charge in [0.2, 0.25) is 0 Å². The first-order chi connectivity index (χ1) is 8.69. The van der Waals surface area contributed by atoms with Crippen LogP contribution in [0.15, 0.2) is 35.1 Å². The van der Waals surface area contributed by atoms with E-state index in [9.17, 15) is 4.79 Å². The SMILES string of the molecule is CCCC(C)n1c(=O)c(CN)cc2ccccc21. The van der Waals surface area contributed by atoms with Crippen molar-refractivity contribution < 1.29 is 0 Å². The van der Waals surface area contributed by atoms with Gasteiger partial charge in [-0.2, -0.15) is 0 Å². The van der Waals surface area contributed by atoms with E-state index in [1.165, 1.54) is 0 Å². The van der Waals surface area contributed by atoms with Crippen molar-refractivity contribution in [2.24, 2.45) is 5.73 Å². The van der Waals surface area contributed by atoms with E-state index in [0.29, 0.717) is 12.1 Å². The average Bonchev–Trinajstić information content (AvgIpc) is 2.38. The molecule has 1 aromatic carbocycles. The molecule has 1 aromatic heterocycles. The van der Waals surface area contributed by atoms with E-state index >= 15 is 0 Å². The molecule has 0 saturated heterocycles. The molecule has 3 nitrogen and oxygen atoms in total. The number of fused-ring (bicyclic) bond motifs is 1. The molecule has 0 aliphatic heterocycles. The molecule has 0 aliphatic rings. The zero-order chi connectivity index (χ0) is 13.1. The summed E-state index contributed by atoms with van der Waals surface area (Å²) in [6, 6.07) is 10.1. The smallest absolute Gasteiger partial charge is 0.255 e. The molecule has 0 aliphatic carbocycles. The first-order valence-corrected chi connectivity index (χ1v) is 6.52. The molecule has 1 unspecified atom stereocenters. The molecule has 2 N–H and O–H groups in total. The van der Waals surface area contributed by atoms with Crippen molar-refractivity contribution in [3.05, 3.63) is 46.2 Å². The number of para-hydroxylation sites is 1. The minimum absolute atomic E-state index is 0.0529. The molecule has 0 spiro atoms. The maximum Gasteiger partial charge on any atom is 0.255 e. The average molecular weight is 244 g/mol. The number of nitrogens with two attached hydrogens (primary N) is 1. The lowest BCUT2D eigenvalue weighted by atomic mass is 10.1. The third-order valence-electron chi connectivity index (χ3n) is 3.39. The maximum absolute atomic E-state index is 12.4. The van der Waals surface area contributed by atoms with Gasteiger partial charge in [0.25, 0.3) is 5.56 Å². The molecule has 2 rings (SSSR count). The van der Waals surface area contributed by atoms with Crippen molar-refractivity contribution in [3.63, 3.8) is 0 Å². The van der Waals surface area contributed by atoms with E-state index in [0.717, 1.165) is 23.7 Å². The lowest BCUT2D eigenvalue weighted by molar-refractivity contribution is 0.499. The standard InChI is InChI=1S/C15H20N2O/c1-3-6-11(2)17-14-8-5-4-7-12(14)9-13(10-16)15(17)18/h4-5,7-9,11H,3,6,10,16H2,1-2H3. The monoisotopic (exact) mass is 244 g/mol. The van der Waals surface area contributed by atoms with Gasteiger partial charge in [-0.3, -0.25) is 4.79 Å². The van der Waals surface area contributed by atoms with Crippen LogP contribution < -0.4 is 11.3 Å². The predicted molar refractivity (Wildman–Crippen MR) is 75.7 cm³/mol. The summed E-state index contributed by atoms with van der Waals surface area (Å²) < 4.78 is 1.89. The van der Waals surface area contributed by atoms with Crippen LogP contribution in [-0.4, -0.2) is 4.57 Å². The van der Waals surface area contributed by atoms with Crippen LogP contribution in [0.1, 0.15) is 38.3 Å². The molecule has 0 saturated carbocycles. The second-order valence-electron chi connectivity index (χ2n) is 4.75. The third-order valence-corrected chi connectivity index (χ3v) is 3.39. The van der Waals surface area contributed by atoms with Gasteiger partial charge in [0.15, 0.2) is 0 Å². The van der Waals surface area contributed by atoms with Gasteiger partial charge in [0.1, 0.15) is 0 Å². The molecular formula is C15H20N2O. The van der Waals surface area contributed by atoms with Gasteiger partial charge in [-0.15, -0.1) is 0 Å². The molecule has 18 heavy (non-hydrogen) atoms. The van der Waals surface area contributed by atoms with E-state index in [-0.39, 0.29) is 11.6 Å². The zero-order valence-corrected chi connectivity index (χ0v) is 11.0. The zero-order valence-electron chi connectivity index (χ0n) is 11.0. The van der Waals surface area contributed by atoms with Gasteiger partial charge >= 0.3 is 0 Å². The summed E-state index contributed by atoms with van der Waals surface area (Å²) in [5.41, 5.74) is 7.42. The molecule has 2 aromatic rings. The van der Waals surface area contributed by atoms with Crippen LogP contribution in [0.4, 0.5) is 0 Å². The lowest BCUT2D eigenvalue weighted by Gasteiger charge is -2.18. The topological polar surface area (TPSA) is 48.0 Å². The first kappa shape index (κ1) is 12.8. The Morgan fingerprint density at radius 3 is 2.72 bits per heavy atom. The molecule has 0 radical (unpaired) electrons. The highest BCUT2D eigenvalue weighted by Gasteiger charge is 2.12. The van der Waals surface area contributed by atoms with Gasteiger partial charge < -0.3 is 10.3 Å². The fraction of sp³-hybridized carbons (Fsp3) is 0.400. The van der Waals surface area contributed by atoms with E-state index in [2.05, 4.69) is 13.8 Å². The van der Waals surface area contributed by atoms with Crippen molar-refractivity contribution in [1.29, 1.82) is 0 Å². The molecule has 1 heterocycles. The summed E-state index contributed by atoms with van der Waals surface area (Å²) in [5.74, 6) is 0. The Balaban J connectivity index is 2.74. The Hall–Kier alpha value is -1.61. The van der Waals surface area contributed by atoms with Gasteiger partial charge in [-0.25, -0.2) is 0 Å². The maximum atomic E-state index is 12.4. The minimum atomic E-state index is 0.0529. The molecule has 0 fully saturated rings. The van der Waals surface area contributed by atoms with Gasteiger partial charge in [0.05, 0.1) is 5.52 Å². The predicted octanol–water partition coefficient (Wildman–Crippen LogP) is 2.82. The molecule has 3 heteroatoms. The minimum Gasteiger partial charge on any atom is -0.326 e. The molecule has 0 amide bonds. The molecule has 0 bridgehead atoms. The number of benzene rings is 1. The number of pyridine rings is 1. The van der Waals surface area contributed by atoms with E-state index in [1.54, 1.807) is 0 Å². The van der Waals surface area contributed by atoms with E-state index < -0.39 is 0 Å². The highest BCUT2D eigenvalue weighted by Crippen LogP contribution is 2.19. The molecular weight excluding hydrogens is 224 g/mol. The summed E-state index contributed by atoms with van der Waals surface area (Å²) in [5, 5.41) is 1.08. The number of hydrogen-bond acceptors (Lipinski definition) is 2. The van der Waals surface area contributed by atoms with Gasteiger partial charge in [-0.1, -0.05) is 31.5 Å². The summed E-state index contributed by atoms with van der Waals surface area (Å²) in [7, 11) is 0. The first-order valence-electron chi connectivity index (χ1n) is 6.52. The summed E-state index contributed by atoms with van der Waals surface area (Å²) in [4.78, 5) is 12.4. The summed E-state index contributed by atoms with van der Waals surface area (Å²) >= 11 is 0. The van der Waals surface area contributed by atoms with Crippen molar-refractivity contribution in [1.82, 2.24) is 4.57 Å². The van der Waals surface area contributed by atoms with Gasteiger partial charge in [-0.05, 0) is 30.9 Å². The van der Waals surface area contributed by atoms with Crippen molar-refractivity contribution in [2.45, 2.75) is 39.3 Å². The van der Waals surface area contributed by atoms with Crippen LogP contribution in [0.3, 0.4) is 0 Å². The summed E-state index contributed by atoms with van der Waals surface area (Å²) in [6.45, 7) is 4.52. The van der Waals surface area contributed by atoms with Crippen LogP contribution >= 0.6 is 0 Å². The van der Waals surface area contributed by atoms with E-state index in [4.69, 9.17) is 5.73 Å². The van der Waals surface area contributed by atoms with Crippen molar-refractivity contribution >= 4 is 10.9 Å². The van der Waals surface area contributed by atoms with Crippen molar-refractivity contribution in [2.75, 3.05) is 0 Å². The number of aromatic nitrogens is 1. The lowest BCUT2D eigenvalue weighted by Crippen LogP contribution is -2.28. The largest absolute Gasteiger partial charge is 0.326 e. The third kappa shape index (κ3) is 2.18. The van der Waals surface area contributed by atoms with Gasteiger partial charge in [0, 0.05) is 18.2 Å². The highest BCUT2D eigenvalue weighted by molar-refractivity contribution is 5.79.